The molecule has 1 aromatic carbocycles. The number of benzene rings is 1. The molecule has 0 aliphatic rings. The fraction of sp³-hybridized carbons (Fsp3) is 0.500. The summed E-state index contributed by atoms with van der Waals surface area (Å²) in [5.74, 6) is -1.49. The molecule has 0 aliphatic heterocycles. The van der Waals surface area contributed by atoms with E-state index in [-0.39, 0.29) is 19.3 Å². The number of carbonyl (C=O) groups is 2. The summed E-state index contributed by atoms with van der Waals surface area (Å²) in [5.41, 5.74) is 1.25. The normalized spacial score (nSPS) is 11.2. The monoisotopic (exact) mass is 278 g/mol. The molecule has 0 amide bonds. The minimum Gasteiger partial charge on any atom is -0.391 e. The van der Waals surface area contributed by atoms with Crippen molar-refractivity contribution in [2.24, 2.45) is 0 Å². The molecule has 0 aliphatic carbocycles. The van der Waals surface area contributed by atoms with Crippen molar-refractivity contribution in [1.82, 2.24) is 0 Å². The lowest BCUT2D eigenvalue weighted by Gasteiger charge is -2.22. The second kappa shape index (κ2) is 6.66. The highest BCUT2D eigenvalue weighted by Crippen LogP contribution is 2.18. The van der Waals surface area contributed by atoms with E-state index >= 15 is 0 Å². The van der Waals surface area contributed by atoms with Crippen LogP contribution in [-0.2, 0) is 20.7 Å². The zero-order valence-corrected chi connectivity index (χ0v) is 12.5. The summed E-state index contributed by atoms with van der Waals surface area (Å²) >= 11 is 0. The van der Waals surface area contributed by atoms with Gasteiger partial charge in [0, 0.05) is 0 Å². The third kappa shape index (κ3) is 3.67. The Morgan fingerprint density at radius 1 is 1.15 bits per heavy atom. The summed E-state index contributed by atoms with van der Waals surface area (Å²) in [6, 6.07) is 5.73. The van der Waals surface area contributed by atoms with Gasteiger partial charge in [-0.1, -0.05) is 32.0 Å². The van der Waals surface area contributed by atoms with Crippen LogP contribution in [0.25, 0.3) is 0 Å². The lowest BCUT2D eigenvalue weighted by Crippen LogP contribution is -2.40. The van der Waals surface area contributed by atoms with Crippen LogP contribution < -0.4 is 0 Å². The quantitative estimate of drug-likeness (QED) is 0.664. The first-order valence-electron chi connectivity index (χ1n) is 6.86. The Hall–Kier alpha value is -1.68. The van der Waals surface area contributed by atoms with E-state index in [1.807, 2.05) is 32.0 Å². The molecule has 110 valence electrons. The number of esters is 2. The first kappa shape index (κ1) is 16.4. The largest absolute Gasteiger partial charge is 0.391 e. The Morgan fingerprint density at radius 2 is 1.65 bits per heavy atom. The van der Waals surface area contributed by atoms with Crippen molar-refractivity contribution in [2.75, 3.05) is 0 Å². The number of aryl methyl sites for hydroxylation is 2. The third-order valence-electron chi connectivity index (χ3n) is 3.72. The second-order valence-corrected chi connectivity index (χ2v) is 5.05. The molecule has 0 radical (unpaired) electrons. The molecule has 1 N–H and O–H groups in total. The summed E-state index contributed by atoms with van der Waals surface area (Å²) in [6.45, 7) is 7.18. The van der Waals surface area contributed by atoms with Gasteiger partial charge < -0.3 is 9.84 Å². The first-order chi connectivity index (χ1) is 9.34. The Bertz CT molecular complexity index is 481. The van der Waals surface area contributed by atoms with Gasteiger partial charge in [0.05, 0.1) is 6.42 Å². The number of carbonyl (C=O) groups excluding carboxylic acids is 2. The van der Waals surface area contributed by atoms with Crippen molar-refractivity contribution >= 4 is 11.9 Å². The number of hydrogen-bond acceptors (Lipinski definition) is 4. The van der Waals surface area contributed by atoms with Crippen LogP contribution in [0.15, 0.2) is 18.2 Å². The highest BCUT2D eigenvalue weighted by molar-refractivity contribution is 5.91. The van der Waals surface area contributed by atoms with Crippen molar-refractivity contribution in [2.45, 2.75) is 52.6 Å². The van der Waals surface area contributed by atoms with E-state index in [1.54, 1.807) is 13.8 Å². The second-order valence-electron chi connectivity index (χ2n) is 5.05. The summed E-state index contributed by atoms with van der Waals surface area (Å²) in [6.07, 6.45) is 0.478. The standard InChI is InChI=1S/C16H22O4/c1-5-16(19,6-2)15(18)20-14(17)10-13-11(3)8-7-9-12(13)4/h7-9,19H,5-6,10H2,1-4H3. The van der Waals surface area contributed by atoms with Crippen LogP contribution in [0.5, 0.6) is 0 Å². The lowest BCUT2D eigenvalue weighted by molar-refractivity contribution is -0.174. The van der Waals surface area contributed by atoms with Gasteiger partial charge in [-0.15, -0.1) is 0 Å². The van der Waals surface area contributed by atoms with Crippen molar-refractivity contribution in [3.63, 3.8) is 0 Å². The fourth-order valence-electron chi connectivity index (χ4n) is 2.05. The van der Waals surface area contributed by atoms with Gasteiger partial charge in [0.1, 0.15) is 0 Å². The number of hydrogen-bond donors (Lipinski definition) is 1. The van der Waals surface area contributed by atoms with E-state index in [0.29, 0.717) is 0 Å². The van der Waals surface area contributed by atoms with Gasteiger partial charge in [-0.05, 0) is 43.4 Å². The van der Waals surface area contributed by atoms with Crippen LogP contribution in [0.4, 0.5) is 0 Å². The minimum absolute atomic E-state index is 0.0355. The van der Waals surface area contributed by atoms with Crippen molar-refractivity contribution < 1.29 is 19.4 Å². The maximum Gasteiger partial charge on any atom is 0.345 e. The van der Waals surface area contributed by atoms with Crippen LogP contribution in [0, 0.1) is 13.8 Å². The summed E-state index contributed by atoms with van der Waals surface area (Å²) in [5, 5.41) is 9.99. The molecule has 0 spiro atoms. The molecule has 0 saturated carbocycles. The van der Waals surface area contributed by atoms with Crippen LogP contribution >= 0.6 is 0 Å². The number of ether oxygens (including phenoxy) is 1. The number of aliphatic hydroxyl groups is 1. The van der Waals surface area contributed by atoms with Gasteiger partial charge in [0.25, 0.3) is 0 Å². The SMILES string of the molecule is CCC(O)(CC)C(=O)OC(=O)Cc1c(C)cccc1C. The molecular weight excluding hydrogens is 256 g/mol. The van der Waals surface area contributed by atoms with Gasteiger partial charge >= 0.3 is 11.9 Å². The molecule has 1 aromatic rings. The Balaban J connectivity index is 2.76. The van der Waals surface area contributed by atoms with E-state index in [0.717, 1.165) is 16.7 Å². The zero-order valence-electron chi connectivity index (χ0n) is 12.5. The van der Waals surface area contributed by atoms with E-state index in [4.69, 9.17) is 4.74 Å². The van der Waals surface area contributed by atoms with Gasteiger partial charge in [0.2, 0.25) is 0 Å². The molecule has 0 heterocycles. The molecule has 0 fully saturated rings. The van der Waals surface area contributed by atoms with Crippen LogP contribution in [0.1, 0.15) is 43.4 Å². The molecule has 20 heavy (non-hydrogen) atoms. The van der Waals surface area contributed by atoms with Crippen molar-refractivity contribution in [3.8, 4) is 0 Å². The lowest BCUT2D eigenvalue weighted by atomic mass is 9.97. The molecule has 0 saturated heterocycles. The highest BCUT2D eigenvalue weighted by atomic mass is 16.6. The Labute approximate surface area is 119 Å². The summed E-state index contributed by atoms with van der Waals surface area (Å²) < 4.78 is 4.78. The summed E-state index contributed by atoms with van der Waals surface area (Å²) in [4.78, 5) is 23.7. The van der Waals surface area contributed by atoms with Crippen molar-refractivity contribution in [3.05, 3.63) is 34.9 Å². The van der Waals surface area contributed by atoms with E-state index in [9.17, 15) is 14.7 Å². The van der Waals surface area contributed by atoms with E-state index in [2.05, 4.69) is 0 Å². The number of rotatable bonds is 5. The van der Waals surface area contributed by atoms with Crippen molar-refractivity contribution in [1.29, 1.82) is 0 Å². The Kier molecular flexibility index (Phi) is 5.45. The summed E-state index contributed by atoms with van der Waals surface area (Å²) in [7, 11) is 0. The molecule has 0 atom stereocenters. The van der Waals surface area contributed by atoms with E-state index in [1.165, 1.54) is 0 Å². The maximum absolute atomic E-state index is 11.9. The first-order valence-corrected chi connectivity index (χ1v) is 6.86. The molecule has 0 aromatic heterocycles. The van der Waals surface area contributed by atoms with Crippen LogP contribution in [0.2, 0.25) is 0 Å². The van der Waals surface area contributed by atoms with Gasteiger partial charge in [-0.3, -0.25) is 4.79 Å². The molecule has 4 heteroatoms. The molecule has 1 rings (SSSR count). The predicted octanol–water partition coefficient (Wildman–Crippen LogP) is 2.47. The van der Waals surface area contributed by atoms with Crippen LogP contribution in [-0.4, -0.2) is 22.6 Å². The predicted molar refractivity (Wildman–Crippen MR) is 76.3 cm³/mol. The minimum atomic E-state index is -1.57. The maximum atomic E-state index is 11.9. The zero-order chi connectivity index (χ0) is 15.3. The molecule has 0 bridgehead atoms. The average molecular weight is 278 g/mol. The Morgan fingerprint density at radius 3 is 2.10 bits per heavy atom. The third-order valence-corrected chi connectivity index (χ3v) is 3.72. The topological polar surface area (TPSA) is 63.6 Å². The molecular formula is C16H22O4. The fourth-order valence-corrected chi connectivity index (χ4v) is 2.05. The van der Waals surface area contributed by atoms with Gasteiger partial charge in [0.15, 0.2) is 5.60 Å². The smallest absolute Gasteiger partial charge is 0.345 e. The van der Waals surface area contributed by atoms with E-state index < -0.39 is 17.5 Å². The highest BCUT2D eigenvalue weighted by Gasteiger charge is 2.35. The average Bonchev–Trinajstić information content (AvgIpc) is 2.42. The molecule has 0 unspecified atom stereocenters. The van der Waals surface area contributed by atoms with Gasteiger partial charge in [-0.25, -0.2) is 4.79 Å². The molecule has 4 nitrogen and oxygen atoms in total. The van der Waals surface area contributed by atoms with Gasteiger partial charge in [-0.2, -0.15) is 0 Å². The van der Waals surface area contributed by atoms with Crippen LogP contribution in [0.3, 0.4) is 0 Å².